The number of hydrogen-bond acceptors (Lipinski definition) is 6. The molecule has 0 saturated heterocycles. The molecule has 0 radical (unpaired) electrons. The van der Waals surface area contributed by atoms with E-state index in [9.17, 15) is 18.4 Å². The molecule has 2 N–H and O–H groups in total. The molecule has 2 aromatic rings. The molecule has 8 nitrogen and oxygen atoms in total. The lowest BCUT2D eigenvalue weighted by molar-refractivity contribution is -0.171. The van der Waals surface area contributed by atoms with Crippen LogP contribution >= 0.6 is 0 Å². The van der Waals surface area contributed by atoms with Crippen LogP contribution in [0.25, 0.3) is 11.4 Å². The number of nitrogens with one attached hydrogen (secondary N) is 1. The van der Waals surface area contributed by atoms with Crippen LogP contribution in [0.15, 0.2) is 42.7 Å². The summed E-state index contributed by atoms with van der Waals surface area (Å²) in [7, 11) is -2.07. The minimum Gasteiger partial charge on any atom is -0.286 e. The molecule has 9 heteroatoms. The van der Waals surface area contributed by atoms with Gasteiger partial charge >= 0.3 is 0 Å². The normalized spacial score (nSPS) is 22.2. The number of rotatable bonds is 6. The number of nitrogens with zero attached hydrogens (tertiary/aromatic N) is 3. The lowest BCUT2D eigenvalue weighted by atomic mass is 9.78. The zero-order valence-corrected chi connectivity index (χ0v) is 16.7. The fourth-order valence-electron chi connectivity index (χ4n) is 3.96. The largest absolute Gasteiger partial charge is 0.286 e. The van der Waals surface area contributed by atoms with Gasteiger partial charge in [-0.25, -0.2) is 28.2 Å². The van der Waals surface area contributed by atoms with Gasteiger partial charge in [-0.3, -0.25) is 10.0 Å². The summed E-state index contributed by atoms with van der Waals surface area (Å²) in [6.07, 6.45) is 6.17. The minimum atomic E-state index is -3.37. The molecule has 2 atom stereocenters. The molecule has 1 saturated carbocycles. The maximum absolute atomic E-state index is 12.8. The van der Waals surface area contributed by atoms with Crippen LogP contribution in [0, 0.1) is 5.41 Å². The molecule has 28 heavy (non-hydrogen) atoms. The summed E-state index contributed by atoms with van der Waals surface area (Å²) < 4.78 is 25.8. The van der Waals surface area contributed by atoms with E-state index in [2.05, 4.69) is 14.7 Å². The van der Waals surface area contributed by atoms with E-state index in [1.807, 2.05) is 24.3 Å². The van der Waals surface area contributed by atoms with Crippen molar-refractivity contribution in [1.82, 2.24) is 19.8 Å². The Bertz CT molecular complexity index is 949. The summed E-state index contributed by atoms with van der Waals surface area (Å²) in [4.78, 5) is 21.3. The van der Waals surface area contributed by atoms with Crippen LogP contribution in [0.5, 0.6) is 0 Å². The first-order valence-corrected chi connectivity index (χ1v) is 10.9. The molecule has 3 rings (SSSR count). The first kappa shape index (κ1) is 20.4. The Labute approximate surface area is 164 Å². The monoisotopic (exact) mass is 404 g/mol. The summed E-state index contributed by atoms with van der Waals surface area (Å²) in [5, 5.41) is 10.4. The lowest BCUT2D eigenvalue weighted by Gasteiger charge is -2.30. The molecular formula is C19H24N4O4S. The Morgan fingerprint density at radius 2 is 2.04 bits per heavy atom. The predicted molar refractivity (Wildman–Crippen MR) is 104 cm³/mol. The van der Waals surface area contributed by atoms with Gasteiger partial charge in [-0.05, 0) is 43.4 Å². The van der Waals surface area contributed by atoms with Crippen molar-refractivity contribution in [3.05, 3.63) is 48.3 Å². The lowest BCUT2D eigenvalue weighted by Crippen LogP contribution is -2.42. The molecule has 0 bridgehead atoms. The maximum atomic E-state index is 12.8. The van der Waals surface area contributed by atoms with E-state index in [1.54, 1.807) is 18.5 Å². The van der Waals surface area contributed by atoms with E-state index in [0.29, 0.717) is 36.6 Å². The van der Waals surface area contributed by atoms with Crippen LogP contribution in [-0.4, -0.2) is 53.9 Å². The van der Waals surface area contributed by atoms with E-state index in [0.717, 1.165) is 17.4 Å². The number of hydrogen-bond donors (Lipinski definition) is 2. The number of carbonyl (C=O) groups excluding carboxylic acids is 1. The Hall–Kier alpha value is -2.36. The zero-order chi connectivity index (χ0) is 20.4. The molecule has 1 heterocycles. The SMILES string of the molecule is CN(O)C(=O)[C@@]1(Cc2cccc(-c3ncccn3)c2)CC[C@H](NS(C)(=O)=O)C1. The van der Waals surface area contributed by atoms with Crippen LogP contribution < -0.4 is 4.72 Å². The quantitative estimate of drug-likeness (QED) is 0.559. The summed E-state index contributed by atoms with van der Waals surface area (Å²) in [5.74, 6) is 0.179. The van der Waals surface area contributed by atoms with Gasteiger partial charge in [0.1, 0.15) is 0 Å². The minimum absolute atomic E-state index is 0.329. The highest BCUT2D eigenvalue weighted by atomic mass is 32.2. The number of carbonyl (C=O) groups is 1. The highest BCUT2D eigenvalue weighted by molar-refractivity contribution is 7.88. The average molecular weight is 404 g/mol. The molecule has 150 valence electrons. The number of sulfonamides is 1. The van der Waals surface area contributed by atoms with Gasteiger partial charge in [0.05, 0.1) is 11.7 Å². The molecule has 0 unspecified atom stereocenters. The molecule has 1 aromatic heterocycles. The van der Waals surface area contributed by atoms with Crippen molar-refractivity contribution in [2.24, 2.45) is 5.41 Å². The van der Waals surface area contributed by atoms with Crippen LogP contribution in [0.2, 0.25) is 0 Å². The van der Waals surface area contributed by atoms with E-state index < -0.39 is 21.3 Å². The summed E-state index contributed by atoms with van der Waals surface area (Å²) in [6, 6.07) is 9.03. The first-order valence-electron chi connectivity index (χ1n) is 8.99. The summed E-state index contributed by atoms with van der Waals surface area (Å²) >= 11 is 0. The molecule has 1 amide bonds. The third-order valence-corrected chi connectivity index (χ3v) is 5.79. The van der Waals surface area contributed by atoms with Gasteiger partial charge in [0.25, 0.3) is 5.91 Å². The predicted octanol–water partition coefficient (Wildman–Crippen LogP) is 1.62. The topological polar surface area (TPSA) is 112 Å². The standard InChI is InChI=1S/C19H24N4O4S/c1-23(25)18(24)19(8-7-16(13-19)22-28(2,26)27)12-14-5-3-6-15(11-14)17-20-9-4-10-21-17/h3-6,9-11,16,22,25H,7-8,12-13H2,1-2H3/t16-,19+/m0/s1. The second-order valence-electron chi connectivity index (χ2n) is 7.39. The van der Waals surface area contributed by atoms with Gasteiger partial charge in [-0.1, -0.05) is 18.2 Å². The second kappa shape index (κ2) is 7.94. The zero-order valence-electron chi connectivity index (χ0n) is 15.9. The third kappa shape index (κ3) is 4.73. The fraction of sp³-hybridized carbons (Fsp3) is 0.421. The van der Waals surface area contributed by atoms with E-state index in [-0.39, 0.29) is 6.04 Å². The van der Waals surface area contributed by atoms with Crippen molar-refractivity contribution in [2.45, 2.75) is 31.7 Å². The van der Waals surface area contributed by atoms with E-state index in [1.165, 1.54) is 7.05 Å². The van der Waals surface area contributed by atoms with Crippen LogP contribution in [-0.2, 0) is 21.2 Å². The van der Waals surface area contributed by atoms with Gasteiger partial charge < -0.3 is 0 Å². The van der Waals surface area contributed by atoms with Crippen LogP contribution in [0.1, 0.15) is 24.8 Å². The Morgan fingerprint density at radius 1 is 1.32 bits per heavy atom. The fourth-order valence-corrected chi connectivity index (χ4v) is 4.77. The average Bonchev–Trinajstić information content (AvgIpc) is 3.03. The first-order chi connectivity index (χ1) is 13.2. The summed E-state index contributed by atoms with van der Waals surface area (Å²) in [6.45, 7) is 0. The van der Waals surface area contributed by atoms with Crippen LogP contribution in [0.4, 0.5) is 0 Å². The van der Waals surface area contributed by atoms with Gasteiger partial charge in [0.2, 0.25) is 10.0 Å². The van der Waals surface area contributed by atoms with Gasteiger partial charge in [-0.2, -0.15) is 0 Å². The maximum Gasteiger partial charge on any atom is 0.252 e. The second-order valence-corrected chi connectivity index (χ2v) is 9.17. The van der Waals surface area contributed by atoms with Crippen molar-refractivity contribution < 1.29 is 18.4 Å². The van der Waals surface area contributed by atoms with Crippen molar-refractivity contribution in [1.29, 1.82) is 0 Å². The molecule has 1 aliphatic carbocycles. The van der Waals surface area contributed by atoms with Crippen molar-refractivity contribution in [3.8, 4) is 11.4 Å². The highest BCUT2D eigenvalue weighted by Gasteiger charge is 2.47. The molecule has 0 spiro atoms. The van der Waals surface area contributed by atoms with E-state index >= 15 is 0 Å². The van der Waals surface area contributed by atoms with Crippen molar-refractivity contribution >= 4 is 15.9 Å². The van der Waals surface area contributed by atoms with Gasteiger partial charge in [0, 0.05) is 31.0 Å². The molecular weight excluding hydrogens is 380 g/mol. The van der Waals surface area contributed by atoms with Gasteiger partial charge in [0.15, 0.2) is 5.82 Å². The Morgan fingerprint density at radius 3 is 2.68 bits per heavy atom. The van der Waals surface area contributed by atoms with Crippen molar-refractivity contribution in [3.63, 3.8) is 0 Å². The number of aromatic nitrogens is 2. The van der Waals surface area contributed by atoms with Crippen LogP contribution in [0.3, 0.4) is 0 Å². The van der Waals surface area contributed by atoms with Gasteiger partial charge in [-0.15, -0.1) is 0 Å². The number of hydroxylamine groups is 2. The smallest absolute Gasteiger partial charge is 0.252 e. The number of amides is 1. The molecule has 1 fully saturated rings. The molecule has 1 aromatic carbocycles. The summed E-state index contributed by atoms with van der Waals surface area (Å²) in [5.41, 5.74) is 0.865. The third-order valence-electron chi connectivity index (χ3n) is 5.03. The van der Waals surface area contributed by atoms with E-state index in [4.69, 9.17) is 0 Å². The van der Waals surface area contributed by atoms with Crippen molar-refractivity contribution in [2.75, 3.05) is 13.3 Å². The Kier molecular flexibility index (Phi) is 5.78. The highest BCUT2D eigenvalue weighted by Crippen LogP contribution is 2.43. The number of benzene rings is 1. The molecule has 1 aliphatic rings. The molecule has 0 aliphatic heterocycles. The Balaban J connectivity index is 1.88.